The van der Waals surface area contributed by atoms with Gasteiger partial charge in [0.05, 0.1) is 28.4 Å². The Morgan fingerprint density at radius 3 is 2.44 bits per heavy atom. The van der Waals surface area contributed by atoms with Crippen LogP contribution in [0.3, 0.4) is 0 Å². The van der Waals surface area contributed by atoms with Crippen LogP contribution in [0.5, 0.6) is 0 Å². The van der Waals surface area contributed by atoms with Gasteiger partial charge in [-0.25, -0.2) is 13.2 Å². The lowest BCUT2D eigenvalue weighted by atomic mass is 10.2. The molecule has 0 atom stereocenters. The molecule has 0 saturated carbocycles. The summed E-state index contributed by atoms with van der Waals surface area (Å²) in [5.41, 5.74) is 0.107. The van der Waals surface area contributed by atoms with E-state index < -0.39 is 16.9 Å². The molecule has 1 aromatic rings. The highest BCUT2D eigenvalue weighted by molar-refractivity contribution is 7.73. The van der Waals surface area contributed by atoms with E-state index in [1.165, 1.54) is 19.2 Å². The van der Waals surface area contributed by atoms with Crippen molar-refractivity contribution in [3.05, 3.63) is 27.7 Å². The quantitative estimate of drug-likeness (QED) is 0.654. The maximum absolute atomic E-state index is 11.3. The summed E-state index contributed by atoms with van der Waals surface area (Å²) in [5.74, 6) is -0.675. The molecule has 16 heavy (non-hydrogen) atoms. The predicted molar refractivity (Wildman–Crippen MR) is 61.7 cm³/mol. The van der Waals surface area contributed by atoms with Crippen LogP contribution in [0, 0.1) is 0 Å². The Labute approximate surface area is 103 Å². The van der Waals surface area contributed by atoms with Crippen LogP contribution in [0.15, 0.2) is 12.1 Å². The summed E-state index contributed by atoms with van der Waals surface area (Å²) in [7, 11) is -1.68. The zero-order valence-corrected chi connectivity index (χ0v) is 10.4. The van der Waals surface area contributed by atoms with Crippen LogP contribution in [0.1, 0.15) is 10.4 Å². The number of methoxy groups -OCH3 is 1. The largest absolute Gasteiger partial charge is 0.465 e. The monoisotopic (exact) mass is 283 g/mol. The summed E-state index contributed by atoms with van der Waals surface area (Å²) in [6, 6.07) is 2.47. The summed E-state index contributed by atoms with van der Waals surface area (Å²) in [6.07, 6.45) is 0. The SMILES string of the molecule is COC(=O)c1cc(N[SH](=O)=O)c(Cl)cc1Cl. The van der Waals surface area contributed by atoms with Crippen LogP contribution >= 0.6 is 23.2 Å². The highest BCUT2D eigenvalue weighted by Crippen LogP contribution is 2.29. The minimum absolute atomic E-state index is 0.0351. The minimum atomic E-state index is -2.87. The van der Waals surface area contributed by atoms with Crippen molar-refractivity contribution < 1.29 is 17.9 Å². The van der Waals surface area contributed by atoms with Gasteiger partial charge in [-0.2, -0.15) is 0 Å². The molecule has 0 heterocycles. The van der Waals surface area contributed by atoms with E-state index in [0.29, 0.717) is 0 Å². The Bertz CT molecular complexity index is 493. The van der Waals surface area contributed by atoms with Gasteiger partial charge >= 0.3 is 5.97 Å². The van der Waals surface area contributed by atoms with Crippen molar-refractivity contribution in [2.75, 3.05) is 11.8 Å². The van der Waals surface area contributed by atoms with E-state index in [4.69, 9.17) is 23.2 Å². The Morgan fingerprint density at radius 2 is 1.94 bits per heavy atom. The van der Waals surface area contributed by atoms with Crippen molar-refractivity contribution in [2.24, 2.45) is 0 Å². The Kier molecular flexibility index (Phi) is 4.40. The number of carbonyl (C=O) groups excluding carboxylic acids is 1. The molecule has 0 fully saturated rings. The molecule has 0 bridgehead atoms. The van der Waals surface area contributed by atoms with Gasteiger partial charge in [-0.05, 0) is 12.1 Å². The van der Waals surface area contributed by atoms with Crippen molar-refractivity contribution in [1.29, 1.82) is 0 Å². The standard InChI is InChI=1S/C8H7Cl2NO4S/c1-15-8(12)4-2-7(11-16(13)14)6(10)3-5(4)9/h2-3,16H,1H3,(H,11,13,14). The topological polar surface area (TPSA) is 72.5 Å². The molecule has 0 aliphatic carbocycles. The van der Waals surface area contributed by atoms with Gasteiger partial charge in [-0.3, -0.25) is 4.72 Å². The second-order valence-electron chi connectivity index (χ2n) is 2.67. The number of thiol groups is 1. The molecular weight excluding hydrogens is 277 g/mol. The van der Waals surface area contributed by atoms with E-state index in [0.717, 1.165) is 0 Å². The van der Waals surface area contributed by atoms with Crippen LogP contribution in [0.2, 0.25) is 10.0 Å². The van der Waals surface area contributed by atoms with Gasteiger partial charge in [-0.1, -0.05) is 23.2 Å². The first-order valence-corrected chi connectivity index (χ1v) is 5.87. The summed E-state index contributed by atoms with van der Waals surface area (Å²) in [6.45, 7) is 0. The van der Waals surface area contributed by atoms with Crippen molar-refractivity contribution in [3.8, 4) is 0 Å². The number of halogens is 2. The zero-order valence-electron chi connectivity index (χ0n) is 7.99. The van der Waals surface area contributed by atoms with Gasteiger partial charge in [0.2, 0.25) is 10.9 Å². The number of nitrogens with one attached hydrogen (secondary N) is 1. The zero-order chi connectivity index (χ0) is 12.3. The fourth-order valence-corrected chi connectivity index (χ4v) is 1.95. The van der Waals surface area contributed by atoms with Crippen LogP contribution in [0.25, 0.3) is 0 Å². The molecule has 0 aliphatic heterocycles. The molecule has 0 unspecified atom stereocenters. The first-order valence-electron chi connectivity index (χ1n) is 3.94. The molecule has 0 amide bonds. The third-order valence-corrected chi connectivity index (χ3v) is 2.72. The molecule has 0 aromatic heterocycles. The second kappa shape index (κ2) is 5.38. The summed E-state index contributed by atoms with van der Waals surface area (Å²) in [4.78, 5) is 11.3. The number of esters is 1. The lowest BCUT2D eigenvalue weighted by Crippen LogP contribution is -2.04. The molecule has 8 heteroatoms. The number of anilines is 1. The van der Waals surface area contributed by atoms with Gasteiger partial charge in [0, 0.05) is 0 Å². The van der Waals surface area contributed by atoms with E-state index >= 15 is 0 Å². The number of hydrogen-bond acceptors (Lipinski definition) is 4. The molecule has 5 nitrogen and oxygen atoms in total. The molecule has 0 radical (unpaired) electrons. The molecule has 1 N–H and O–H groups in total. The van der Waals surface area contributed by atoms with Gasteiger partial charge in [-0.15, -0.1) is 0 Å². The predicted octanol–water partition coefficient (Wildman–Crippen LogP) is 1.72. The Balaban J connectivity index is 3.26. The molecule has 1 rings (SSSR count). The number of ether oxygens (including phenoxy) is 1. The molecule has 88 valence electrons. The number of rotatable bonds is 3. The highest BCUT2D eigenvalue weighted by atomic mass is 35.5. The van der Waals surface area contributed by atoms with Crippen molar-refractivity contribution in [1.82, 2.24) is 0 Å². The van der Waals surface area contributed by atoms with Crippen molar-refractivity contribution in [2.45, 2.75) is 0 Å². The van der Waals surface area contributed by atoms with Crippen LogP contribution in [-0.4, -0.2) is 21.5 Å². The van der Waals surface area contributed by atoms with Crippen LogP contribution in [-0.2, 0) is 15.6 Å². The second-order valence-corrected chi connectivity index (χ2v) is 4.22. The fourth-order valence-electron chi connectivity index (χ4n) is 0.999. The van der Waals surface area contributed by atoms with E-state index in [1.807, 2.05) is 0 Å². The lowest BCUT2D eigenvalue weighted by Gasteiger charge is -2.07. The summed E-state index contributed by atoms with van der Waals surface area (Å²) in [5, 5.41) is 0.181. The van der Waals surface area contributed by atoms with E-state index in [-0.39, 0.29) is 21.3 Å². The lowest BCUT2D eigenvalue weighted by molar-refractivity contribution is 0.0601. The molecular formula is C8H7Cl2NO4S. The van der Waals surface area contributed by atoms with Gasteiger partial charge < -0.3 is 4.74 Å². The maximum atomic E-state index is 11.3. The molecule has 0 spiro atoms. The van der Waals surface area contributed by atoms with Gasteiger partial charge in [0.15, 0.2) is 0 Å². The molecule has 1 aromatic carbocycles. The Hall–Kier alpha value is -0.980. The first-order chi connectivity index (χ1) is 7.45. The van der Waals surface area contributed by atoms with E-state index in [2.05, 4.69) is 9.46 Å². The van der Waals surface area contributed by atoms with Gasteiger partial charge in [0.25, 0.3) is 0 Å². The average Bonchev–Trinajstić information content (AvgIpc) is 2.20. The number of carbonyl (C=O) groups is 1. The third-order valence-electron chi connectivity index (χ3n) is 1.67. The van der Waals surface area contributed by atoms with Crippen molar-refractivity contribution >= 4 is 45.7 Å². The molecule has 0 saturated heterocycles. The smallest absolute Gasteiger partial charge is 0.339 e. The van der Waals surface area contributed by atoms with E-state index in [1.54, 1.807) is 0 Å². The fraction of sp³-hybridized carbons (Fsp3) is 0.125. The average molecular weight is 284 g/mol. The summed E-state index contributed by atoms with van der Waals surface area (Å²) < 4.78 is 27.5. The number of hydrogen-bond donors (Lipinski definition) is 2. The maximum Gasteiger partial charge on any atom is 0.339 e. The Morgan fingerprint density at radius 1 is 1.31 bits per heavy atom. The normalized spacial score (nSPS) is 10.2. The van der Waals surface area contributed by atoms with E-state index in [9.17, 15) is 13.2 Å². The van der Waals surface area contributed by atoms with Gasteiger partial charge in [0.1, 0.15) is 0 Å². The third kappa shape index (κ3) is 3.01. The first kappa shape index (κ1) is 13.1. The minimum Gasteiger partial charge on any atom is -0.465 e. The summed E-state index contributed by atoms with van der Waals surface area (Å²) >= 11 is 11.5. The van der Waals surface area contributed by atoms with Crippen LogP contribution in [0.4, 0.5) is 5.69 Å². The van der Waals surface area contributed by atoms with Crippen molar-refractivity contribution in [3.63, 3.8) is 0 Å². The molecule has 0 aliphatic rings. The number of benzene rings is 1. The highest BCUT2D eigenvalue weighted by Gasteiger charge is 2.14. The van der Waals surface area contributed by atoms with Crippen LogP contribution < -0.4 is 4.72 Å².